The number of hydrogen-bond acceptors (Lipinski definition) is 4. The lowest BCUT2D eigenvalue weighted by Gasteiger charge is -2.18. The van der Waals surface area contributed by atoms with Crippen LogP contribution >= 0.6 is 0 Å². The summed E-state index contributed by atoms with van der Waals surface area (Å²) < 4.78 is 15.9. The van der Waals surface area contributed by atoms with Crippen LogP contribution in [0.1, 0.15) is 18.1 Å². The molecule has 1 unspecified atom stereocenters. The number of aliphatic hydroxyl groups excluding tert-OH is 1. The molecule has 1 N–H and O–H groups in total. The fourth-order valence-electron chi connectivity index (χ4n) is 1.92. The molecule has 1 aliphatic rings. The van der Waals surface area contributed by atoms with Crippen molar-refractivity contribution >= 4 is 0 Å². The first kappa shape index (κ1) is 11.8. The molecule has 0 bridgehead atoms. The van der Waals surface area contributed by atoms with Crippen LogP contribution < -0.4 is 9.47 Å². The molecule has 92 valence electrons. The Labute approximate surface area is 100 Å². The molecule has 2 rings (SSSR count). The minimum absolute atomic E-state index is 0.563. The van der Waals surface area contributed by atoms with Gasteiger partial charge in [0.05, 0.1) is 26.4 Å². The van der Waals surface area contributed by atoms with Crippen LogP contribution in [0.5, 0.6) is 11.5 Å². The van der Waals surface area contributed by atoms with Crippen molar-refractivity contribution in [2.24, 2.45) is 0 Å². The van der Waals surface area contributed by atoms with E-state index in [0.29, 0.717) is 29.4 Å². The maximum atomic E-state index is 10.3. The molecule has 0 radical (unpaired) electrons. The minimum Gasteiger partial charge on any atom is -0.496 e. The van der Waals surface area contributed by atoms with Gasteiger partial charge in [0.1, 0.15) is 23.4 Å². The number of rotatable bonds is 4. The lowest BCUT2D eigenvalue weighted by atomic mass is 10.0. The highest BCUT2D eigenvalue weighted by Crippen LogP contribution is 2.38. The molecule has 17 heavy (non-hydrogen) atoms. The van der Waals surface area contributed by atoms with E-state index in [9.17, 15) is 5.11 Å². The Hall–Kier alpha value is -1.68. The van der Waals surface area contributed by atoms with Gasteiger partial charge in [0.2, 0.25) is 0 Å². The third-order valence-corrected chi connectivity index (χ3v) is 2.74. The summed E-state index contributed by atoms with van der Waals surface area (Å²) in [6.45, 7) is 0.615. The predicted molar refractivity (Wildman–Crippen MR) is 63.2 cm³/mol. The van der Waals surface area contributed by atoms with E-state index in [4.69, 9.17) is 14.2 Å². The van der Waals surface area contributed by atoms with E-state index in [2.05, 4.69) is 0 Å². The Balaban J connectivity index is 2.41. The predicted octanol–water partition coefficient (Wildman–Crippen LogP) is 2.04. The van der Waals surface area contributed by atoms with Gasteiger partial charge >= 0.3 is 0 Å². The summed E-state index contributed by atoms with van der Waals surface area (Å²) in [6, 6.07) is 5.39. The van der Waals surface area contributed by atoms with Crippen LogP contribution in [-0.2, 0) is 4.74 Å². The molecule has 4 heteroatoms. The average molecular weight is 236 g/mol. The molecule has 4 nitrogen and oxygen atoms in total. The Morgan fingerprint density at radius 3 is 2.35 bits per heavy atom. The van der Waals surface area contributed by atoms with E-state index in [-0.39, 0.29) is 0 Å². The van der Waals surface area contributed by atoms with E-state index in [1.54, 1.807) is 26.4 Å². The van der Waals surface area contributed by atoms with Gasteiger partial charge in [-0.15, -0.1) is 0 Å². The zero-order chi connectivity index (χ0) is 12.3. The van der Waals surface area contributed by atoms with Crippen molar-refractivity contribution in [3.05, 3.63) is 35.6 Å². The summed E-state index contributed by atoms with van der Waals surface area (Å²) in [4.78, 5) is 0. The van der Waals surface area contributed by atoms with Crippen molar-refractivity contribution in [2.45, 2.75) is 12.5 Å². The number of methoxy groups -OCH3 is 2. The van der Waals surface area contributed by atoms with E-state index in [1.165, 1.54) is 0 Å². The summed E-state index contributed by atoms with van der Waals surface area (Å²) in [5.41, 5.74) is 0.602. The van der Waals surface area contributed by atoms with Crippen LogP contribution in [-0.4, -0.2) is 25.9 Å². The number of benzene rings is 1. The van der Waals surface area contributed by atoms with Crippen LogP contribution in [0.4, 0.5) is 0 Å². The molecule has 0 aliphatic carbocycles. The van der Waals surface area contributed by atoms with E-state index >= 15 is 0 Å². The smallest absolute Gasteiger partial charge is 0.143 e. The van der Waals surface area contributed by atoms with Crippen molar-refractivity contribution in [3.63, 3.8) is 0 Å². The maximum absolute atomic E-state index is 10.3. The molecule has 0 spiro atoms. The van der Waals surface area contributed by atoms with Crippen LogP contribution in [0, 0.1) is 0 Å². The highest BCUT2D eigenvalue weighted by atomic mass is 16.5. The van der Waals surface area contributed by atoms with Crippen LogP contribution in [0.25, 0.3) is 0 Å². The normalized spacial score (nSPS) is 16.1. The van der Waals surface area contributed by atoms with Gasteiger partial charge in [-0.05, 0) is 18.2 Å². The summed E-state index contributed by atoms with van der Waals surface area (Å²) in [5, 5.41) is 10.3. The molecule has 1 heterocycles. The lowest BCUT2D eigenvalue weighted by Crippen LogP contribution is -2.06. The van der Waals surface area contributed by atoms with Crippen molar-refractivity contribution < 1.29 is 19.3 Å². The first-order chi connectivity index (χ1) is 8.27. The van der Waals surface area contributed by atoms with Crippen molar-refractivity contribution in [2.75, 3.05) is 20.8 Å². The van der Waals surface area contributed by atoms with Gasteiger partial charge in [-0.25, -0.2) is 0 Å². The zero-order valence-corrected chi connectivity index (χ0v) is 9.97. The Morgan fingerprint density at radius 1 is 1.24 bits per heavy atom. The van der Waals surface area contributed by atoms with E-state index in [1.807, 2.05) is 12.1 Å². The Bertz CT molecular complexity index is 403. The van der Waals surface area contributed by atoms with Crippen molar-refractivity contribution in [3.8, 4) is 11.5 Å². The van der Waals surface area contributed by atoms with Crippen molar-refractivity contribution in [1.29, 1.82) is 0 Å². The largest absolute Gasteiger partial charge is 0.496 e. The molecule has 1 aliphatic heterocycles. The standard InChI is InChI=1S/C13H16O4/c1-15-9-5-3-6-10(16-2)12(9)13(14)11-7-4-8-17-11/h3,5-7,13-14H,4,8H2,1-2H3. The summed E-state index contributed by atoms with van der Waals surface area (Å²) >= 11 is 0. The highest BCUT2D eigenvalue weighted by molar-refractivity contribution is 5.48. The molecule has 0 saturated heterocycles. The number of ether oxygens (including phenoxy) is 3. The van der Waals surface area contributed by atoms with Gasteiger partial charge in [-0.2, -0.15) is 0 Å². The van der Waals surface area contributed by atoms with Crippen LogP contribution in [0.15, 0.2) is 30.0 Å². The molecule has 0 saturated carbocycles. The second-order valence-corrected chi connectivity index (χ2v) is 3.72. The maximum Gasteiger partial charge on any atom is 0.143 e. The molecule has 1 aromatic carbocycles. The first-order valence-corrected chi connectivity index (χ1v) is 5.49. The third kappa shape index (κ3) is 2.22. The second kappa shape index (κ2) is 5.10. The Kier molecular flexibility index (Phi) is 3.54. The van der Waals surface area contributed by atoms with Gasteiger partial charge in [0, 0.05) is 6.42 Å². The molecule has 1 atom stereocenters. The monoisotopic (exact) mass is 236 g/mol. The van der Waals surface area contributed by atoms with Crippen LogP contribution in [0.2, 0.25) is 0 Å². The molecular formula is C13H16O4. The molecule has 1 aromatic rings. The first-order valence-electron chi connectivity index (χ1n) is 5.49. The highest BCUT2D eigenvalue weighted by Gasteiger charge is 2.25. The van der Waals surface area contributed by atoms with Gasteiger partial charge < -0.3 is 19.3 Å². The summed E-state index contributed by atoms with van der Waals surface area (Å²) in [7, 11) is 3.13. The number of hydrogen-bond donors (Lipinski definition) is 1. The number of aliphatic hydroxyl groups is 1. The van der Waals surface area contributed by atoms with Gasteiger partial charge in [-0.3, -0.25) is 0 Å². The van der Waals surface area contributed by atoms with Crippen LogP contribution in [0.3, 0.4) is 0 Å². The fourth-order valence-corrected chi connectivity index (χ4v) is 1.92. The molecule has 0 aromatic heterocycles. The zero-order valence-electron chi connectivity index (χ0n) is 9.97. The van der Waals surface area contributed by atoms with E-state index < -0.39 is 6.10 Å². The van der Waals surface area contributed by atoms with Gasteiger partial charge in [0.25, 0.3) is 0 Å². The Morgan fingerprint density at radius 2 is 1.88 bits per heavy atom. The fraction of sp³-hybridized carbons (Fsp3) is 0.385. The topological polar surface area (TPSA) is 47.9 Å². The molecule has 0 amide bonds. The van der Waals surface area contributed by atoms with E-state index in [0.717, 1.165) is 6.42 Å². The third-order valence-electron chi connectivity index (χ3n) is 2.74. The quantitative estimate of drug-likeness (QED) is 0.869. The SMILES string of the molecule is COc1cccc(OC)c1C(O)C1=CCCO1. The minimum atomic E-state index is -0.844. The lowest BCUT2D eigenvalue weighted by molar-refractivity contribution is 0.114. The van der Waals surface area contributed by atoms with Gasteiger partial charge in [-0.1, -0.05) is 6.07 Å². The summed E-state index contributed by atoms with van der Waals surface area (Å²) in [6.07, 6.45) is 1.86. The summed E-state index contributed by atoms with van der Waals surface area (Å²) in [5.74, 6) is 1.74. The average Bonchev–Trinajstić information content (AvgIpc) is 2.90. The van der Waals surface area contributed by atoms with Crippen molar-refractivity contribution in [1.82, 2.24) is 0 Å². The molecule has 0 fully saturated rings. The second-order valence-electron chi connectivity index (χ2n) is 3.72. The molecular weight excluding hydrogens is 220 g/mol. The van der Waals surface area contributed by atoms with Gasteiger partial charge in [0.15, 0.2) is 0 Å².